The molecule has 3 N–H and O–H groups in total. The summed E-state index contributed by atoms with van der Waals surface area (Å²) in [5, 5.41) is 24.4. The third kappa shape index (κ3) is 5.24. The predicted molar refractivity (Wildman–Crippen MR) is 129 cm³/mol. The first-order valence-corrected chi connectivity index (χ1v) is 11.6. The third-order valence-corrected chi connectivity index (χ3v) is 6.93. The Labute approximate surface area is 200 Å². The Morgan fingerprint density at radius 1 is 1.15 bits per heavy atom. The Balaban J connectivity index is 1.77. The Kier molecular flexibility index (Phi) is 7.52. The van der Waals surface area contributed by atoms with Gasteiger partial charge in [0.15, 0.2) is 0 Å². The fourth-order valence-electron chi connectivity index (χ4n) is 4.52. The number of nitrogens with zero attached hydrogens (tertiary/aromatic N) is 1. The van der Waals surface area contributed by atoms with Crippen LogP contribution in [0.3, 0.4) is 0 Å². The fraction of sp³-hybridized carbons (Fsp3) is 0.462. The number of likely N-dealkylation sites (tertiary alicyclic amines) is 1. The van der Waals surface area contributed by atoms with Gasteiger partial charge in [0.2, 0.25) is 5.91 Å². The maximum atomic E-state index is 13.5. The fourth-order valence-corrected chi connectivity index (χ4v) is 4.64. The van der Waals surface area contributed by atoms with Crippen molar-refractivity contribution in [1.29, 1.82) is 0 Å². The number of nitrogens with one attached hydrogen (secondary N) is 1. The number of aliphatic hydroxyl groups excluding tert-OH is 1. The molecule has 33 heavy (non-hydrogen) atoms. The van der Waals surface area contributed by atoms with E-state index in [9.17, 15) is 19.8 Å². The number of carbonyl (C=O) groups excluding carboxylic acids is 2. The van der Waals surface area contributed by atoms with Gasteiger partial charge in [0.05, 0.1) is 12.2 Å². The monoisotopic (exact) mass is 472 g/mol. The highest BCUT2D eigenvalue weighted by Crippen LogP contribution is 2.46. The van der Waals surface area contributed by atoms with Gasteiger partial charge >= 0.3 is 0 Å². The predicted octanol–water partition coefficient (Wildman–Crippen LogP) is 3.73. The number of aliphatic hydroxyl groups is 2. The lowest BCUT2D eigenvalue weighted by atomic mass is 9.66. The second kappa shape index (κ2) is 9.84. The molecule has 1 heterocycles. The van der Waals surface area contributed by atoms with Gasteiger partial charge in [-0.25, -0.2) is 0 Å². The number of rotatable bonds is 6. The SMILES string of the molecule is CC(C)[C@@H](NC(=O)c1cccc(CO)c1)C(=O)N1CC[C@](O)(c2ccc(Cl)cc2)C(C)(C)C1. The van der Waals surface area contributed by atoms with E-state index in [2.05, 4.69) is 5.32 Å². The van der Waals surface area contributed by atoms with Gasteiger partial charge in [-0.3, -0.25) is 9.59 Å². The molecule has 0 aromatic heterocycles. The molecule has 178 valence electrons. The topological polar surface area (TPSA) is 89.9 Å². The van der Waals surface area contributed by atoms with E-state index < -0.39 is 17.1 Å². The van der Waals surface area contributed by atoms with Crippen LogP contribution in [0.4, 0.5) is 0 Å². The Morgan fingerprint density at radius 2 is 1.82 bits per heavy atom. The number of carbonyl (C=O) groups is 2. The molecule has 6 nitrogen and oxygen atoms in total. The maximum absolute atomic E-state index is 13.5. The summed E-state index contributed by atoms with van der Waals surface area (Å²) in [4.78, 5) is 28.1. The van der Waals surface area contributed by atoms with Crippen LogP contribution in [-0.2, 0) is 17.0 Å². The molecule has 0 saturated carbocycles. The second-order valence-corrected chi connectivity index (χ2v) is 10.3. The van der Waals surface area contributed by atoms with Crippen LogP contribution in [-0.4, -0.2) is 46.1 Å². The zero-order chi connectivity index (χ0) is 24.4. The van der Waals surface area contributed by atoms with E-state index in [1.165, 1.54) is 0 Å². The van der Waals surface area contributed by atoms with Crippen molar-refractivity contribution in [3.05, 3.63) is 70.2 Å². The molecule has 3 rings (SSSR count). The van der Waals surface area contributed by atoms with Crippen molar-refractivity contribution in [3.63, 3.8) is 0 Å². The minimum Gasteiger partial charge on any atom is -0.392 e. The van der Waals surface area contributed by atoms with E-state index in [0.717, 1.165) is 5.56 Å². The van der Waals surface area contributed by atoms with Gasteiger partial charge in [-0.2, -0.15) is 0 Å². The van der Waals surface area contributed by atoms with Crippen LogP contribution < -0.4 is 5.32 Å². The average Bonchev–Trinajstić information content (AvgIpc) is 2.78. The van der Waals surface area contributed by atoms with Crippen LogP contribution in [0.25, 0.3) is 0 Å². The van der Waals surface area contributed by atoms with Crippen LogP contribution in [0.2, 0.25) is 5.02 Å². The summed E-state index contributed by atoms with van der Waals surface area (Å²) >= 11 is 6.02. The molecular formula is C26H33ClN2O4. The molecule has 1 aliphatic rings. The lowest BCUT2D eigenvalue weighted by molar-refractivity contribution is -0.155. The van der Waals surface area contributed by atoms with E-state index in [1.807, 2.05) is 39.8 Å². The third-order valence-electron chi connectivity index (χ3n) is 6.67. The summed E-state index contributed by atoms with van der Waals surface area (Å²) in [6.07, 6.45) is 0.380. The molecule has 7 heteroatoms. The highest BCUT2D eigenvalue weighted by molar-refractivity contribution is 6.30. The van der Waals surface area contributed by atoms with Gasteiger partial charge in [0, 0.05) is 29.1 Å². The summed E-state index contributed by atoms with van der Waals surface area (Å²) in [6.45, 7) is 8.25. The molecule has 1 aliphatic heterocycles. The summed E-state index contributed by atoms with van der Waals surface area (Å²) in [6, 6.07) is 13.2. The number of hydrogen-bond acceptors (Lipinski definition) is 4. The standard InChI is InChI=1S/C26H33ClN2O4/c1-17(2)22(28-23(31)19-7-5-6-18(14-19)15-30)24(32)29-13-12-26(33,25(3,4)16-29)20-8-10-21(27)11-9-20/h5-11,14,17,22,30,33H,12-13,15-16H2,1-4H3,(H,28,31)/t22-,26+/m1/s1. The highest BCUT2D eigenvalue weighted by Gasteiger charge is 2.50. The van der Waals surface area contributed by atoms with Gasteiger partial charge in [0.1, 0.15) is 6.04 Å². The number of piperidine rings is 1. The number of hydrogen-bond donors (Lipinski definition) is 3. The van der Waals surface area contributed by atoms with Crippen molar-refractivity contribution < 1.29 is 19.8 Å². The van der Waals surface area contributed by atoms with Gasteiger partial charge in [-0.1, -0.05) is 63.6 Å². The zero-order valence-electron chi connectivity index (χ0n) is 19.6. The normalized spacial score (nSPS) is 21.0. The molecule has 0 spiro atoms. The molecule has 2 aromatic carbocycles. The minimum absolute atomic E-state index is 0.123. The Hall–Kier alpha value is -2.41. The molecule has 1 saturated heterocycles. The molecule has 0 aliphatic carbocycles. The molecule has 0 unspecified atom stereocenters. The molecular weight excluding hydrogens is 440 g/mol. The number of amides is 2. The van der Waals surface area contributed by atoms with E-state index in [0.29, 0.717) is 35.7 Å². The minimum atomic E-state index is -1.10. The van der Waals surface area contributed by atoms with E-state index in [-0.39, 0.29) is 24.3 Å². The first-order valence-electron chi connectivity index (χ1n) is 11.3. The van der Waals surface area contributed by atoms with Crippen molar-refractivity contribution in [2.75, 3.05) is 13.1 Å². The molecule has 0 radical (unpaired) electrons. The Bertz CT molecular complexity index is 1010. The molecule has 2 aromatic rings. The van der Waals surface area contributed by atoms with Gasteiger partial charge in [-0.05, 0) is 47.7 Å². The van der Waals surface area contributed by atoms with Gasteiger partial charge < -0.3 is 20.4 Å². The lowest BCUT2D eigenvalue weighted by Crippen LogP contribution is -2.60. The average molecular weight is 473 g/mol. The molecule has 1 fully saturated rings. The number of halogens is 1. The molecule has 0 bridgehead atoms. The van der Waals surface area contributed by atoms with Crippen LogP contribution in [0.5, 0.6) is 0 Å². The highest BCUT2D eigenvalue weighted by atomic mass is 35.5. The summed E-state index contributed by atoms with van der Waals surface area (Å²) in [5.74, 6) is -0.642. The smallest absolute Gasteiger partial charge is 0.251 e. The summed E-state index contributed by atoms with van der Waals surface area (Å²) in [7, 11) is 0. The largest absolute Gasteiger partial charge is 0.392 e. The summed E-state index contributed by atoms with van der Waals surface area (Å²) in [5.41, 5.74) is 0.0951. The molecule has 2 amide bonds. The van der Waals surface area contributed by atoms with Crippen molar-refractivity contribution in [1.82, 2.24) is 10.2 Å². The van der Waals surface area contributed by atoms with Gasteiger partial charge in [0.25, 0.3) is 5.91 Å². The zero-order valence-corrected chi connectivity index (χ0v) is 20.4. The van der Waals surface area contributed by atoms with Crippen LogP contribution in [0.15, 0.2) is 48.5 Å². The van der Waals surface area contributed by atoms with Crippen LogP contribution >= 0.6 is 11.6 Å². The summed E-state index contributed by atoms with van der Waals surface area (Å²) < 4.78 is 0. The number of benzene rings is 2. The molecule has 2 atom stereocenters. The lowest BCUT2D eigenvalue weighted by Gasteiger charge is -2.51. The van der Waals surface area contributed by atoms with E-state index in [4.69, 9.17) is 11.6 Å². The van der Waals surface area contributed by atoms with E-state index in [1.54, 1.807) is 41.3 Å². The first kappa shape index (κ1) is 25.2. The second-order valence-electron chi connectivity index (χ2n) is 9.81. The van der Waals surface area contributed by atoms with Crippen LogP contribution in [0.1, 0.15) is 55.6 Å². The van der Waals surface area contributed by atoms with Crippen molar-refractivity contribution in [2.45, 2.75) is 52.4 Å². The van der Waals surface area contributed by atoms with Crippen molar-refractivity contribution in [3.8, 4) is 0 Å². The first-order chi connectivity index (χ1) is 15.5. The quantitative estimate of drug-likeness (QED) is 0.597. The maximum Gasteiger partial charge on any atom is 0.251 e. The van der Waals surface area contributed by atoms with E-state index >= 15 is 0 Å². The van der Waals surface area contributed by atoms with Crippen molar-refractivity contribution >= 4 is 23.4 Å². The Morgan fingerprint density at radius 3 is 2.39 bits per heavy atom. The van der Waals surface area contributed by atoms with Gasteiger partial charge in [-0.15, -0.1) is 0 Å². The van der Waals surface area contributed by atoms with Crippen molar-refractivity contribution in [2.24, 2.45) is 11.3 Å². The van der Waals surface area contributed by atoms with Crippen LogP contribution in [0, 0.1) is 11.3 Å².